The van der Waals surface area contributed by atoms with E-state index in [0.29, 0.717) is 17.9 Å². The fraction of sp³-hybridized carbons (Fsp3) is 0.300. The molecular formula is C20H24N6O2+2. The zero-order valence-electron chi connectivity index (χ0n) is 15.8. The SMILES string of the molecule is C[NH+]1CC[NH+](Cn2c(O)c(N=NC(=O)c3ccncc3)c3ccccc32)CC1. The second kappa shape index (κ2) is 7.87. The van der Waals surface area contributed by atoms with E-state index in [1.54, 1.807) is 12.1 Å². The summed E-state index contributed by atoms with van der Waals surface area (Å²) in [5.74, 6) is -0.419. The number of amides is 1. The zero-order valence-corrected chi connectivity index (χ0v) is 15.8. The number of pyridine rings is 1. The van der Waals surface area contributed by atoms with Crippen LogP contribution in [0.1, 0.15) is 10.4 Å². The molecular weight excluding hydrogens is 356 g/mol. The van der Waals surface area contributed by atoms with Crippen LogP contribution in [0.2, 0.25) is 0 Å². The predicted molar refractivity (Wildman–Crippen MR) is 104 cm³/mol. The number of nitrogens with one attached hydrogen (secondary N) is 2. The highest BCUT2D eigenvalue weighted by Gasteiger charge is 2.24. The number of fused-ring (bicyclic) bond motifs is 1. The Morgan fingerprint density at radius 3 is 2.61 bits per heavy atom. The molecule has 0 atom stereocenters. The molecule has 1 aliphatic heterocycles. The van der Waals surface area contributed by atoms with E-state index in [2.05, 4.69) is 22.3 Å². The molecule has 28 heavy (non-hydrogen) atoms. The molecule has 1 amide bonds. The Kier molecular flexibility index (Phi) is 5.14. The van der Waals surface area contributed by atoms with Gasteiger partial charge in [-0.2, -0.15) is 0 Å². The number of rotatable bonds is 4. The summed E-state index contributed by atoms with van der Waals surface area (Å²) in [4.78, 5) is 19.1. The minimum absolute atomic E-state index is 0.0475. The molecule has 144 valence electrons. The van der Waals surface area contributed by atoms with Crippen molar-refractivity contribution in [3.05, 3.63) is 54.4 Å². The van der Waals surface area contributed by atoms with Crippen LogP contribution < -0.4 is 9.80 Å². The van der Waals surface area contributed by atoms with E-state index >= 15 is 0 Å². The van der Waals surface area contributed by atoms with Crippen LogP contribution in [0.5, 0.6) is 5.88 Å². The molecule has 0 saturated carbocycles. The largest absolute Gasteiger partial charge is 0.493 e. The van der Waals surface area contributed by atoms with Crippen molar-refractivity contribution < 1.29 is 19.7 Å². The molecule has 0 bridgehead atoms. The Balaban J connectivity index is 1.64. The van der Waals surface area contributed by atoms with Gasteiger partial charge in [-0.25, -0.2) is 0 Å². The van der Waals surface area contributed by atoms with Gasteiger partial charge >= 0.3 is 0 Å². The van der Waals surface area contributed by atoms with Gasteiger partial charge in [0.05, 0.1) is 12.6 Å². The second-order valence-corrected chi connectivity index (χ2v) is 7.22. The fourth-order valence-corrected chi connectivity index (χ4v) is 3.59. The molecule has 8 nitrogen and oxygen atoms in total. The van der Waals surface area contributed by atoms with E-state index in [9.17, 15) is 9.90 Å². The van der Waals surface area contributed by atoms with Crippen molar-refractivity contribution in [3.63, 3.8) is 0 Å². The molecule has 3 aromatic rings. The summed E-state index contributed by atoms with van der Waals surface area (Å²) in [5.41, 5.74) is 1.63. The molecule has 1 aromatic carbocycles. The molecule has 4 rings (SSSR count). The number of carbonyl (C=O) groups is 1. The average Bonchev–Trinajstić information content (AvgIpc) is 3.00. The summed E-state index contributed by atoms with van der Waals surface area (Å²) < 4.78 is 1.87. The molecule has 0 unspecified atom stereocenters. The molecule has 2 aromatic heterocycles. The van der Waals surface area contributed by atoms with Crippen LogP contribution in [0.3, 0.4) is 0 Å². The number of quaternary nitrogens is 2. The minimum atomic E-state index is -0.466. The number of benzene rings is 1. The number of hydrogen-bond donors (Lipinski definition) is 3. The fourth-order valence-electron chi connectivity index (χ4n) is 3.59. The van der Waals surface area contributed by atoms with E-state index < -0.39 is 5.91 Å². The van der Waals surface area contributed by atoms with Gasteiger partial charge in [0.2, 0.25) is 5.88 Å². The van der Waals surface area contributed by atoms with Gasteiger partial charge in [0.15, 0.2) is 12.4 Å². The lowest BCUT2D eigenvalue weighted by Crippen LogP contribution is -3.26. The number of aromatic hydroxyl groups is 1. The molecule has 3 heterocycles. The van der Waals surface area contributed by atoms with E-state index in [1.165, 1.54) is 22.2 Å². The van der Waals surface area contributed by atoms with Crippen LogP contribution in [0.4, 0.5) is 5.69 Å². The highest BCUT2D eigenvalue weighted by molar-refractivity contribution is 5.97. The third-order valence-electron chi connectivity index (χ3n) is 5.28. The number of nitrogens with zero attached hydrogens (tertiary/aromatic N) is 4. The van der Waals surface area contributed by atoms with Gasteiger partial charge in [-0.05, 0) is 18.2 Å². The van der Waals surface area contributed by atoms with Crippen molar-refractivity contribution in [2.75, 3.05) is 33.2 Å². The summed E-state index contributed by atoms with van der Waals surface area (Å²) in [5, 5.41) is 19.6. The van der Waals surface area contributed by atoms with E-state index in [-0.39, 0.29) is 5.88 Å². The lowest BCUT2D eigenvalue weighted by atomic mass is 10.2. The van der Waals surface area contributed by atoms with Gasteiger partial charge in [0.1, 0.15) is 26.2 Å². The highest BCUT2D eigenvalue weighted by Crippen LogP contribution is 2.38. The van der Waals surface area contributed by atoms with Gasteiger partial charge in [0.25, 0.3) is 5.91 Å². The van der Waals surface area contributed by atoms with Gasteiger partial charge < -0.3 is 14.9 Å². The average molecular weight is 380 g/mol. The third kappa shape index (κ3) is 3.64. The van der Waals surface area contributed by atoms with Crippen LogP contribution >= 0.6 is 0 Å². The molecule has 8 heteroatoms. The van der Waals surface area contributed by atoms with Crippen molar-refractivity contribution in [3.8, 4) is 5.88 Å². The molecule has 3 N–H and O–H groups in total. The molecule has 1 aliphatic rings. The lowest BCUT2D eigenvalue weighted by molar-refractivity contribution is -1.01. The molecule has 1 saturated heterocycles. The lowest BCUT2D eigenvalue weighted by Gasteiger charge is -2.27. The second-order valence-electron chi connectivity index (χ2n) is 7.22. The van der Waals surface area contributed by atoms with E-state index in [4.69, 9.17) is 0 Å². The van der Waals surface area contributed by atoms with Crippen LogP contribution in [-0.2, 0) is 6.67 Å². The monoisotopic (exact) mass is 380 g/mol. The number of para-hydroxylation sites is 1. The Bertz CT molecular complexity index is 1010. The molecule has 1 fully saturated rings. The minimum Gasteiger partial charge on any atom is -0.493 e. The third-order valence-corrected chi connectivity index (χ3v) is 5.28. The van der Waals surface area contributed by atoms with E-state index in [0.717, 1.165) is 37.1 Å². The summed E-state index contributed by atoms with van der Waals surface area (Å²) in [7, 11) is 2.21. The number of azo groups is 1. The number of piperazine rings is 1. The van der Waals surface area contributed by atoms with Crippen molar-refractivity contribution in [2.45, 2.75) is 6.67 Å². The van der Waals surface area contributed by atoms with Crippen molar-refractivity contribution >= 4 is 22.5 Å². The Morgan fingerprint density at radius 1 is 1.14 bits per heavy atom. The molecule has 0 radical (unpaired) electrons. The van der Waals surface area contributed by atoms with Crippen molar-refractivity contribution in [1.82, 2.24) is 9.55 Å². The number of likely N-dealkylation sites (N-methyl/N-ethyl adjacent to an activating group) is 1. The first-order chi connectivity index (χ1) is 13.6. The summed E-state index contributed by atoms with van der Waals surface area (Å²) in [6, 6.07) is 10.8. The number of aromatic nitrogens is 2. The highest BCUT2D eigenvalue weighted by atomic mass is 16.3. The first-order valence-corrected chi connectivity index (χ1v) is 9.44. The first-order valence-electron chi connectivity index (χ1n) is 9.44. The van der Waals surface area contributed by atoms with Gasteiger partial charge in [-0.15, -0.1) is 10.2 Å². The number of hydrogen-bond acceptors (Lipinski definition) is 4. The van der Waals surface area contributed by atoms with Gasteiger partial charge in [-0.3, -0.25) is 14.3 Å². The maximum Gasteiger partial charge on any atom is 0.295 e. The van der Waals surface area contributed by atoms with Gasteiger partial charge in [-0.1, -0.05) is 18.2 Å². The molecule has 0 spiro atoms. The maximum absolute atomic E-state index is 12.2. The van der Waals surface area contributed by atoms with Crippen molar-refractivity contribution in [1.29, 1.82) is 0 Å². The van der Waals surface area contributed by atoms with Crippen molar-refractivity contribution in [2.24, 2.45) is 10.2 Å². The Morgan fingerprint density at radius 2 is 1.86 bits per heavy atom. The quantitative estimate of drug-likeness (QED) is 0.558. The van der Waals surface area contributed by atoms with Crippen LogP contribution in [0.15, 0.2) is 59.0 Å². The smallest absolute Gasteiger partial charge is 0.295 e. The van der Waals surface area contributed by atoms with Gasteiger partial charge in [0, 0.05) is 23.3 Å². The van der Waals surface area contributed by atoms with Crippen LogP contribution in [0.25, 0.3) is 10.9 Å². The normalized spacial score (nSPS) is 20.0. The standard InChI is InChI=1S/C20H22N6O2/c1-24-10-12-25(13-11-24)14-26-17-5-3-2-4-16(17)18(20(26)28)22-23-19(27)15-6-8-21-9-7-15/h2-9,28H,10-14H2,1H3/p+2. The number of carbonyl (C=O) groups excluding carboxylic acids is 1. The Labute approximate surface area is 162 Å². The van der Waals surface area contributed by atoms with E-state index in [1.807, 2.05) is 28.8 Å². The van der Waals surface area contributed by atoms with Crippen LogP contribution in [0, 0.1) is 0 Å². The first kappa shape index (κ1) is 18.3. The Hall–Kier alpha value is -3.10. The summed E-state index contributed by atoms with van der Waals surface area (Å²) in [6.45, 7) is 4.99. The topological polar surface area (TPSA) is 88.7 Å². The molecule has 0 aliphatic carbocycles. The summed E-state index contributed by atoms with van der Waals surface area (Å²) in [6.07, 6.45) is 3.07. The summed E-state index contributed by atoms with van der Waals surface area (Å²) >= 11 is 0. The maximum atomic E-state index is 12.2. The van der Waals surface area contributed by atoms with Crippen LogP contribution in [-0.4, -0.2) is 53.8 Å². The zero-order chi connectivity index (χ0) is 19.5. The predicted octanol–water partition coefficient (Wildman–Crippen LogP) is 0.0367.